The number of aliphatic hydroxyl groups is 3. The van der Waals surface area contributed by atoms with Crippen molar-refractivity contribution >= 4 is 5.78 Å². The normalized spacial score (nSPS) is 58.2. The molecule has 0 unspecified atom stereocenters. The lowest BCUT2D eigenvalue weighted by atomic mass is 9.37. The molecule has 0 aromatic heterocycles. The Morgan fingerprint density at radius 1 is 1.28 bits per heavy atom. The molecule has 2 heterocycles. The molecule has 3 saturated carbocycles. The number of ketones is 1. The van der Waals surface area contributed by atoms with Gasteiger partial charge in [0.1, 0.15) is 6.10 Å². The van der Waals surface area contributed by atoms with Gasteiger partial charge in [0.05, 0.1) is 23.5 Å². The predicted octanol–water partition coefficient (Wildman–Crippen LogP) is 1.18. The summed E-state index contributed by atoms with van der Waals surface area (Å²) in [6.07, 6.45) is 3.42. The summed E-state index contributed by atoms with van der Waals surface area (Å²) >= 11 is 0. The van der Waals surface area contributed by atoms with Crippen molar-refractivity contribution in [2.24, 2.45) is 34.0 Å². The molecule has 2 aliphatic heterocycles. The first-order valence-electron chi connectivity index (χ1n) is 9.28. The smallest absolute Gasteiger partial charge is 0.201 e. The number of aliphatic hydroxyl groups excluding tert-OH is 2. The molecule has 0 amide bonds. The van der Waals surface area contributed by atoms with Crippen LogP contribution in [0.2, 0.25) is 0 Å². The molecule has 8 atom stereocenters. The van der Waals surface area contributed by atoms with Crippen LogP contribution in [0.1, 0.15) is 33.1 Å². The molecule has 0 aromatic rings. The van der Waals surface area contributed by atoms with E-state index in [0.29, 0.717) is 12.0 Å². The Bertz CT molecular complexity index is 726. The van der Waals surface area contributed by atoms with Crippen LogP contribution in [0.5, 0.6) is 0 Å². The van der Waals surface area contributed by atoms with Crippen molar-refractivity contribution < 1.29 is 24.9 Å². The molecule has 25 heavy (non-hydrogen) atoms. The highest BCUT2D eigenvalue weighted by Gasteiger charge is 2.83. The summed E-state index contributed by atoms with van der Waals surface area (Å²) in [5, 5.41) is 33.9. The van der Waals surface area contributed by atoms with Crippen LogP contribution in [0.3, 0.4) is 0 Å². The third-order valence-electron chi connectivity index (χ3n) is 8.39. The summed E-state index contributed by atoms with van der Waals surface area (Å²) in [7, 11) is 0. The molecule has 6 aliphatic rings. The van der Waals surface area contributed by atoms with E-state index in [-0.39, 0.29) is 24.2 Å². The van der Waals surface area contributed by atoms with Gasteiger partial charge in [-0.15, -0.1) is 0 Å². The molecule has 4 bridgehead atoms. The van der Waals surface area contributed by atoms with Gasteiger partial charge in [0.2, 0.25) is 5.79 Å². The first-order chi connectivity index (χ1) is 11.6. The lowest BCUT2D eigenvalue weighted by Gasteiger charge is -2.72. The van der Waals surface area contributed by atoms with Crippen molar-refractivity contribution in [1.29, 1.82) is 0 Å². The summed E-state index contributed by atoms with van der Waals surface area (Å²) < 4.78 is 5.86. The van der Waals surface area contributed by atoms with Gasteiger partial charge >= 0.3 is 0 Å². The summed E-state index contributed by atoms with van der Waals surface area (Å²) in [6.45, 7) is 8.16. The zero-order valence-electron chi connectivity index (χ0n) is 14.7. The van der Waals surface area contributed by atoms with Gasteiger partial charge in [0.25, 0.3) is 0 Å². The van der Waals surface area contributed by atoms with Crippen molar-refractivity contribution in [2.45, 2.75) is 51.1 Å². The topological polar surface area (TPSA) is 87.0 Å². The van der Waals surface area contributed by atoms with Gasteiger partial charge in [-0.2, -0.15) is 0 Å². The van der Waals surface area contributed by atoms with Crippen LogP contribution in [-0.4, -0.2) is 45.7 Å². The van der Waals surface area contributed by atoms with Gasteiger partial charge < -0.3 is 20.1 Å². The number of hydrogen-bond acceptors (Lipinski definition) is 5. The van der Waals surface area contributed by atoms with Gasteiger partial charge in [-0.05, 0) is 48.2 Å². The first kappa shape index (κ1) is 16.2. The fourth-order valence-electron chi connectivity index (χ4n) is 7.41. The van der Waals surface area contributed by atoms with Gasteiger partial charge in [0, 0.05) is 5.92 Å². The minimum atomic E-state index is -1.84. The van der Waals surface area contributed by atoms with Crippen molar-refractivity contribution in [2.75, 3.05) is 6.61 Å². The second-order valence-corrected chi connectivity index (χ2v) is 9.52. The number of carbonyl (C=O) groups excluding carboxylic acids is 1. The minimum absolute atomic E-state index is 0.0369. The van der Waals surface area contributed by atoms with E-state index in [1.54, 1.807) is 6.08 Å². The molecular weight excluding hydrogens is 320 g/mol. The molecule has 4 aliphatic carbocycles. The van der Waals surface area contributed by atoms with Crippen LogP contribution in [0.25, 0.3) is 0 Å². The van der Waals surface area contributed by atoms with E-state index in [1.807, 2.05) is 19.9 Å². The molecule has 5 fully saturated rings. The lowest BCUT2D eigenvalue weighted by Crippen LogP contribution is -2.83. The van der Waals surface area contributed by atoms with Gasteiger partial charge in [-0.1, -0.05) is 26.5 Å². The molecule has 136 valence electrons. The largest absolute Gasteiger partial charge is 0.388 e. The summed E-state index contributed by atoms with van der Waals surface area (Å²) in [4.78, 5) is 13.2. The van der Waals surface area contributed by atoms with E-state index in [2.05, 4.69) is 6.58 Å². The minimum Gasteiger partial charge on any atom is -0.388 e. The molecule has 0 aromatic carbocycles. The van der Waals surface area contributed by atoms with Gasteiger partial charge in [0.15, 0.2) is 5.78 Å². The first-order valence-corrected chi connectivity index (χ1v) is 9.28. The molecule has 5 nitrogen and oxygen atoms in total. The van der Waals surface area contributed by atoms with E-state index in [0.717, 1.165) is 12.8 Å². The van der Waals surface area contributed by atoms with E-state index >= 15 is 0 Å². The zero-order valence-corrected chi connectivity index (χ0v) is 14.7. The van der Waals surface area contributed by atoms with Crippen LogP contribution < -0.4 is 0 Å². The third kappa shape index (κ3) is 1.40. The maximum atomic E-state index is 13.2. The van der Waals surface area contributed by atoms with Crippen LogP contribution in [-0.2, 0) is 9.53 Å². The Hall–Kier alpha value is -1.01. The zero-order chi connectivity index (χ0) is 18.0. The van der Waals surface area contributed by atoms with E-state index in [9.17, 15) is 20.1 Å². The SMILES string of the molecule is C=C1[C@@H]2CC[C@H]3[C@@]45CO[C@@](O)([C@@H](O)[C@@H]4C(C)(C)C=CC5=O)[C@]3(C2)[C@@H]1O. The fraction of sp³-hybridized carbons (Fsp3) is 0.750. The average Bonchev–Trinajstić information content (AvgIpc) is 2.75. The highest BCUT2D eigenvalue weighted by molar-refractivity contribution is 5.97. The quantitative estimate of drug-likeness (QED) is 0.574. The fourth-order valence-corrected chi connectivity index (χ4v) is 7.41. The molecule has 5 heteroatoms. The van der Waals surface area contributed by atoms with Crippen LogP contribution in [0, 0.1) is 34.0 Å². The number of ether oxygens (including phenoxy) is 1. The van der Waals surface area contributed by atoms with Crippen molar-refractivity contribution in [3.63, 3.8) is 0 Å². The molecule has 2 spiro atoms. The number of hydrogen-bond donors (Lipinski definition) is 3. The van der Waals surface area contributed by atoms with Crippen LogP contribution in [0.15, 0.2) is 24.3 Å². The van der Waals surface area contributed by atoms with E-state index in [4.69, 9.17) is 4.74 Å². The Balaban J connectivity index is 1.81. The van der Waals surface area contributed by atoms with E-state index in [1.165, 1.54) is 0 Å². The monoisotopic (exact) mass is 346 g/mol. The molecule has 0 radical (unpaired) electrons. The van der Waals surface area contributed by atoms with Crippen molar-refractivity contribution in [3.8, 4) is 0 Å². The third-order valence-corrected chi connectivity index (χ3v) is 8.39. The maximum Gasteiger partial charge on any atom is 0.201 e. The van der Waals surface area contributed by atoms with E-state index < -0.39 is 40.2 Å². The summed E-state index contributed by atoms with van der Waals surface area (Å²) in [6, 6.07) is 0. The maximum absolute atomic E-state index is 13.2. The summed E-state index contributed by atoms with van der Waals surface area (Å²) in [5.74, 6) is -2.41. The number of allylic oxidation sites excluding steroid dienone is 2. The molecule has 3 N–H and O–H groups in total. The number of rotatable bonds is 0. The standard InChI is InChI=1S/C20H26O5/c1-10-11-4-5-12-18-9-25-20(24,19(12,8-11)15(10)22)16(23)14(18)17(2,3)7-6-13(18)21/h6-7,11-12,14-16,22-24H,1,4-5,8-9H2,2-3H3/t11-,12+,14-,15-,16+,18-,19+,20+/m1/s1. The molecule has 2 saturated heterocycles. The predicted molar refractivity (Wildman–Crippen MR) is 89.2 cm³/mol. The lowest BCUT2D eigenvalue weighted by molar-refractivity contribution is -0.441. The Kier molecular flexibility index (Phi) is 2.77. The van der Waals surface area contributed by atoms with Crippen molar-refractivity contribution in [1.82, 2.24) is 0 Å². The highest BCUT2D eigenvalue weighted by atomic mass is 16.6. The van der Waals surface area contributed by atoms with Crippen molar-refractivity contribution in [3.05, 3.63) is 24.3 Å². The summed E-state index contributed by atoms with van der Waals surface area (Å²) in [5.41, 5.74) is -1.66. The number of fused-ring (bicyclic) bond motifs is 2. The van der Waals surface area contributed by atoms with Gasteiger partial charge in [-0.3, -0.25) is 4.79 Å². The second kappa shape index (κ2) is 4.28. The Morgan fingerprint density at radius 3 is 2.72 bits per heavy atom. The van der Waals surface area contributed by atoms with Gasteiger partial charge in [-0.25, -0.2) is 0 Å². The molecular formula is C20H26O5. The Labute approximate surface area is 147 Å². The number of carbonyl (C=O) groups is 1. The highest BCUT2D eigenvalue weighted by Crippen LogP contribution is 2.76. The second-order valence-electron chi connectivity index (χ2n) is 9.52. The Morgan fingerprint density at radius 2 is 2.00 bits per heavy atom. The van der Waals surface area contributed by atoms with Crippen LogP contribution >= 0.6 is 0 Å². The molecule has 6 rings (SSSR count). The van der Waals surface area contributed by atoms with Crippen LogP contribution in [0.4, 0.5) is 0 Å². The average molecular weight is 346 g/mol.